The zero-order chi connectivity index (χ0) is 22.1. The minimum atomic E-state index is -0.0865. The highest BCUT2D eigenvalue weighted by Gasteiger charge is 2.29. The molecule has 0 fully saturated rings. The maximum Gasteiger partial charge on any atom is 0.268 e. The van der Waals surface area contributed by atoms with E-state index in [1.165, 1.54) is 0 Å². The second-order valence-electron chi connectivity index (χ2n) is 7.46. The Balaban J connectivity index is 1.37. The average Bonchev–Trinajstić information content (AvgIpc) is 3.43. The van der Waals surface area contributed by atoms with Gasteiger partial charge >= 0.3 is 0 Å². The molecule has 0 unspecified atom stereocenters. The number of para-hydroxylation sites is 1. The maximum absolute atomic E-state index is 12.8. The Hall–Kier alpha value is -3.65. The Bertz CT molecular complexity index is 1270. The van der Waals surface area contributed by atoms with E-state index in [0.717, 1.165) is 11.3 Å². The third-order valence-electron chi connectivity index (χ3n) is 5.43. The van der Waals surface area contributed by atoms with Crippen LogP contribution in [0, 0.1) is 0 Å². The number of hydrogen-bond donors (Lipinski definition) is 0. The standard InChI is InChI=1S/C23H20ClN5O3/c1-28-19-11-12-29(20(30)14-31-15-7-3-2-4-8-15)13-17(19)21(27-28)23-26-25-22(32-23)16-9-5-6-10-18(16)24/h2-10H,11-14H2,1H3. The summed E-state index contributed by atoms with van der Waals surface area (Å²) in [6.07, 6.45) is 0.682. The molecule has 162 valence electrons. The smallest absolute Gasteiger partial charge is 0.268 e. The van der Waals surface area contributed by atoms with Gasteiger partial charge in [0, 0.05) is 37.8 Å². The summed E-state index contributed by atoms with van der Waals surface area (Å²) in [6, 6.07) is 16.6. The number of benzene rings is 2. The van der Waals surface area contributed by atoms with Crippen molar-refractivity contribution in [2.75, 3.05) is 13.2 Å². The fourth-order valence-corrected chi connectivity index (χ4v) is 4.01. The predicted octanol–water partition coefficient (Wildman–Crippen LogP) is 3.75. The van der Waals surface area contributed by atoms with E-state index in [1.807, 2.05) is 60.3 Å². The van der Waals surface area contributed by atoms with Gasteiger partial charge in [0.2, 0.25) is 5.89 Å². The van der Waals surface area contributed by atoms with Crippen molar-refractivity contribution in [3.05, 3.63) is 70.9 Å². The first-order valence-corrected chi connectivity index (χ1v) is 10.6. The van der Waals surface area contributed by atoms with Crippen molar-refractivity contribution >= 4 is 17.5 Å². The van der Waals surface area contributed by atoms with Crippen LogP contribution >= 0.6 is 11.6 Å². The summed E-state index contributed by atoms with van der Waals surface area (Å²) in [5.74, 6) is 1.20. The van der Waals surface area contributed by atoms with Gasteiger partial charge in [-0.25, -0.2) is 0 Å². The van der Waals surface area contributed by atoms with Crippen molar-refractivity contribution < 1.29 is 13.9 Å². The highest BCUT2D eigenvalue weighted by molar-refractivity contribution is 6.33. The molecule has 0 bridgehead atoms. The number of aryl methyl sites for hydroxylation is 1. The molecule has 1 aliphatic rings. The van der Waals surface area contributed by atoms with E-state index in [4.69, 9.17) is 20.8 Å². The van der Waals surface area contributed by atoms with Crippen LogP contribution in [0.15, 0.2) is 59.0 Å². The minimum absolute atomic E-state index is 0.0217. The third kappa shape index (κ3) is 3.85. The molecule has 0 saturated carbocycles. The van der Waals surface area contributed by atoms with Crippen LogP contribution in [0.5, 0.6) is 5.75 Å². The molecule has 0 atom stereocenters. The van der Waals surface area contributed by atoms with Crippen molar-refractivity contribution in [2.24, 2.45) is 7.05 Å². The lowest BCUT2D eigenvalue weighted by atomic mass is 10.0. The summed E-state index contributed by atoms with van der Waals surface area (Å²) < 4.78 is 13.3. The monoisotopic (exact) mass is 449 g/mol. The summed E-state index contributed by atoms with van der Waals surface area (Å²) in [5.41, 5.74) is 3.19. The Morgan fingerprint density at radius 2 is 1.84 bits per heavy atom. The van der Waals surface area contributed by atoms with Gasteiger partial charge in [-0.3, -0.25) is 9.48 Å². The predicted molar refractivity (Wildman–Crippen MR) is 118 cm³/mol. The van der Waals surface area contributed by atoms with E-state index in [9.17, 15) is 4.79 Å². The van der Waals surface area contributed by atoms with Crippen LogP contribution in [-0.4, -0.2) is 43.9 Å². The second kappa shape index (κ2) is 8.47. The number of hydrogen-bond acceptors (Lipinski definition) is 6. The summed E-state index contributed by atoms with van der Waals surface area (Å²) in [5, 5.41) is 13.5. The Labute approximate surface area is 189 Å². The van der Waals surface area contributed by atoms with Crippen LogP contribution in [-0.2, 0) is 24.8 Å². The highest BCUT2D eigenvalue weighted by Crippen LogP contribution is 2.32. The molecule has 0 aliphatic carbocycles. The number of carbonyl (C=O) groups excluding carboxylic acids is 1. The van der Waals surface area contributed by atoms with Gasteiger partial charge in [0.25, 0.3) is 11.8 Å². The quantitative estimate of drug-likeness (QED) is 0.461. The molecular weight excluding hydrogens is 430 g/mol. The zero-order valence-electron chi connectivity index (χ0n) is 17.4. The van der Waals surface area contributed by atoms with E-state index in [1.54, 1.807) is 11.0 Å². The van der Waals surface area contributed by atoms with Crippen LogP contribution in [0.3, 0.4) is 0 Å². The number of aromatic nitrogens is 4. The van der Waals surface area contributed by atoms with Crippen molar-refractivity contribution in [3.63, 3.8) is 0 Å². The third-order valence-corrected chi connectivity index (χ3v) is 5.76. The largest absolute Gasteiger partial charge is 0.484 e. The number of halogens is 1. The van der Waals surface area contributed by atoms with Gasteiger partial charge in [0.05, 0.1) is 10.6 Å². The van der Waals surface area contributed by atoms with E-state index in [-0.39, 0.29) is 12.5 Å². The molecule has 4 aromatic rings. The molecule has 2 aromatic heterocycles. The van der Waals surface area contributed by atoms with Gasteiger partial charge in [-0.1, -0.05) is 41.9 Å². The van der Waals surface area contributed by atoms with Crippen LogP contribution in [0.2, 0.25) is 5.02 Å². The van der Waals surface area contributed by atoms with Gasteiger partial charge in [0.1, 0.15) is 5.75 Å². The Kier molecular flexibility index (Phi) is 5.36. The molecule has 0 saturated heterocycles. The molecule has 32 heavy (non-hydrogen) atoms. The van der Waals surface area contributed by atoms with Gasteiger partial charge < -0.3 is 14.1 Å². The number of nitrogens with zero attached hydrogens (tertiary/aromatic N) is 5. The van der Waals surface area contributed by atoms with E-state index < -0.39 is 0 Å². The van der Waals surface area contributed by atoms with Crippen LogP contribution < -0.4 is 4.74 Å². The number of carbonyl (C=O) groups is 1. The summed E-state index contributed by atoms with van der Waals surface area (Å²) >= 11 is 6.26. The topological polar surface area (TPSA) is 86.3 Å². The molecular formula is C23H20ClN5O3. The number of fused-ring (bicyclic) bond motifs is 1. The molecule has 8 nitrogen and oxygen atoms in total. The van der Waals surface area contributed by atoms with Crippen LogP contribution in [0.1, 0.15) is 11.3 Å². The fourth-order valence-electron chi connectivity index (χ4n) is 3.79. The lowest BCUT2D eigenvalue weighted by Crippen LogP contribution is -2.39. The lowest BCUT2D eigenvalue weighted by Gasteiger charge is -2.27. The maximum atomic E-state index is 12.8. The second-order valence-corrected chi connectivity index (χ2v) is 7.86. The molecule has 1 amide bonds. The first-order valence-electron chi connectivity index (χ1n) is 10.2. The summed E-state index contributed by atoms with van der Waals surface area (Å²) in [4.78, 5) is 14.5. The minimum Gasteiger partial charge on any atom is -0.484 e. The van der Waals surface area contributed by atoms with Crippen LogP contribution in [0.4, 0.5) is 0 Å². The van der Waals surface area contributed by atoms with E-state index in [0.29, 0.717) is 53.3 Å². The van der Waals surface area contributed by atoms with Crippen molar-refractivity contribution in [2.45, 2.75) is 13.0 Å². The number of ether oxygens (including phenoxy) is 1. The molecule has 3 heterocycles. The Morgan fingerprint density at radius 1 is 1.09 bits per heavy atom. The van der Waals surface area contributed by atoms with E-state index >= 15 is 0 Å². The number of amides is 1. The lowest BCUT2D eigenvalue weighted by molar-refractivity contribution is -0.134. The zero-order valence-corrected chi connectivity index (χ0v) is 18.1. The van der Waals surface area contributed by atoms with E-state index in [2.05, 4.69) is 15.3 Å². The van der Waals surface area contributed by atoms with Crippen molar-refractivity contribution in [1.29, 1.82) is 0 Å². The molecule has 1 aliphatic heterocycles. The molecule has 2 aromatic carbocycles. The van der Waals surface area contributed by atoms with Crippen molar-refractivity contribution in [3.8, 4) is 28.8 Å². The summed E-state index contributed by atoms with van der Waals surface area (Å²) in [6.45, 7) is 0.975. The van der Waals surface area contributed by atoms with Crippen LogP contribution in [0.25, 0.3) is 23.0 Å². The fraction of sp³-hybridized carbons (Fsp3) is 0.217. The average molecular weight is 450 g/mol. The normalized spacial score (nSPS) is 13.1. The molecule has 9 heteroatoms. The summed E-state index contributed by atoms with van der Waals surface area (Å²) in [7, 11) is 1.88. The highest BCUT2D eigenvalue weighted by atomic mass is 35.5. The first-order chi connectivity index (χ1) is 15.6. The molecule has 0 radical (unpaired) electrons. The first kappa shape index (κ1) is 20.3. The van der Waals surface area contributed by atoms with Gasteiger partial charge in [-0.2, -0.15) is 5.10 Å². The van der Waals surface area contributed by atoms with Gasteiger partial charge in [-0.05, 0) is 24.3 Å². The van der Waals surface area contributed by atoms with Crippen molar-refractivity contribution in [1.82, 2.24) is 24.9 Å². The SMILES string of the molecule is Cn1nc(-c2nnc(-c3ccccc3Cl)o2)c2c1CCN(C(=O)COc1ccccc1)C2. The molecule has 0 N–H and O–H groups in total. The molecule has 0 spiro atoms. The molecule has 5 rings (SSSR count). The number of rotatable bonds is 5. The Morgan fingerprint density at radius 3 is 2.66 bits per heavy atom. The van der Waals surface area contributed by atoms with Gasteiger partial charge in [-0.15, -0.1) is 10.2 Å². The van der Waals surface area contributed by atoms with Gasteiger partial charge in [0.15, 0.2) is 12.3 Å².